The number of hydrogen-bond donors (Lipinski definition) is 1. The Labute approximate surface area is 253 Å². The number of hydrogen-bond acceptors (Lipinski definition) is 5. The van der Waals surface area contributed by atoms with Gasteiger partial charge in [0.05, 0.1) is 24.3 Å². The van der Waals surface area contributed by atoms with Gasteiger partial charge in [0.2, 0.25) is 0 Å². The maximum Gasteiger partial charge on any atom is 0.573 e. The van der Waals surface area contributed by atoms with Crippen molar-refractivity contribution >= 4 is 0 Å². The smallest absolute Gasteiger partial charge is 0.491 e. The molecule has 0 amide bonds. The predicted octanol–water partition coefficient (Wildman–Crippen LogP) is 7.61. The van der Waals surface area contributed by atoms with Crippen molar-refractivity contribution < 1.29 is 58.8 Å². The maximum atomic E-state index is 13.3. The van der Waals surface area contributed by atoms with E-state index < -0.39 is 53.7 Å². The SMILES string of the molecule is OC(COc1ccc(OC(F)(F)F)cc1)CN1CCC(COCc2cc(C(F)(F)F)cc(C(F)(F)F)c2)(c2ccccc2)CC1. The van der Waals surface area contributed by atoms with Crippen molar-refractivity contribution in [2.45, 2.75) is 49.7 Å². The molecule has 4 rings (SSSR count). The Bertz CT molecular complexity index is 1340. The van der Waals surface area contributed by atoms with E-state index in [0.29, 0.717) is 38.1 Å². The molecule has 0 aliphatic carbocycles. The molecular formula is C31H30F9NO4. The second kappa shape index (κ2) is 13.9. The molecule has 1 heterocycles. The topological polar surface area (TPSA) is 51.2 Å². The first-order chi connectivity index (χ1) is 21.0. The first kappa shape index (κ1) is 34.4. The summed E-state index contributed by atoms with van der Waals surface area (Å²) >= 11 is 0. The zero-order valence-electron chi connectivity index (χ0n) is 23.7. The second-order valence-corrected chi connectivity index (χ2v) is 10.8. The van der Waals surface area contributed by atoms with E-state index in [1.165, 1.54) is 12.1 Å². The van der Waals surface area contributed by atoms with Crippen molar-refractivity contribution in [2.75, 3.05) is 32.8 Å². The molecule has 1 N–H and O–H groups in total. The Balaban J connectivity index is 1.35. The molecule has 5 nitrogen and oxygen atoms in total. The molecule has 14 heteroatoms. The zero-order chi connectivity index (χ0) is 32.9. The monoisotopic (exact) mass is 651 g/mol. The Morgan fingerprint density at radius 3 is 1.84 bits per heavy atom. The zero-order valence-corrected chi connectivity index (χ0v) is 23.7. The van der Waals surface area contributed by atoms with Crippen molar-refractivity contribution in [3.8, 4) is 11.5 Å². The van der Waals surface area contributed by atoms with Crippen LogP contribution < -0.4 is 9.47 Å². The van der Waals surface area contributed by atoms with Gasteiger partial charge in [0.25, 0.3) is 0 Å². The summed E-state index contributed by atoms with van der Waals surface area (Å²) in [5, 5.41) is 10.5. The Hall–Kier alpha value is -3.49. The van der Waals surface area contributed by atoms with E-state index in [2.05, 4.69) is 4.74 Å². The lowest BCUT2D eigenvalue weighted by Gasteiger charge is -2.42. The average Bonchev–Trinajstić information content (AvgIpc) is 2.96. The number of aliphatic hydroxyl groups is 1. The van der Waals surface area contributed by atoms with E-state index in [9.17, 15) is 44.6 Å². The third-order valence-corrected chi connectivity index (χ3v) is 7.46. The van der Waals surface area contributed by atoms with Crippen LogP contribution in [0.25, 0.3) is 0 Å². The quantitative estimate of drug-likeness (QED) is 0.217. The van der Waals surface area contributed by atoms with Crippen molar-refractivity contribution in [3.05, 3.63) is 95.1 Å². The van der Waals surface area contributed by atoms with E-state index in [-0.39, 0.29) is 37.1 Å². The van der Waals surface area contributed by atoms with Crippen LogP contribution in [0.2, 0.25) is 0 Å². The van der Waals surface area contributed by atoms with Gasteiger partial charge >= 0.3 is 18.7 Å². The van der Waals surface area contributed by atoms with Gasteiger partial charge in [-0.15, -0.1) is 13.2 Å². The van der Waals surface area contributed by atoms with Crippen LogP contribution in [0.1, 0.15) is 35.1 Å². The molecule has 3 aromatic rings. The molecule has 0 radical (unpaired) electrons. The van der Waals surface area contributed by atoms with Crippen LogP contribution in [0.4, 0.5) is 39.5 Å². The van der Waals surface area contributed by atoms with Crippen molar-refractivity contribution in [2.24, 2.45) is 0 Å². The Morgan fingerprint density at radius 2 is 1.31 bits per heavy atom. The number of aliphatic hydroxyl groups excluding tert-OH is 1. The maximum absolute atomic E-state index is 13.3. The molecule has 0 spiro atoms. The molecule has 1 aliphatic heterocycles. The van der Waals surface area contributed by atoms with Gasteiger partial charge < -0.3 is 24.2 Å². The van der Waals surface area contributed by atoms with E-state index in [1.807, 2.05) is 35.2 Å². The molecule has 1 unspecified atom stereocenters. The molecule has 1 atom stereocenters. The number of halogens is 9. The molecule has 0 aromatic heterocycles. The first-order valence-electron chi connectivity index (χ1n) is 13.8. The highest BCUT2D eigenvalue weighted by atomic mass is 19.4. The van der Waals surface area contributed by atoms with Gasteiger partial charge in [0.1, 0.15) is 24.2 Å². The van der Waals surface area contributed by atoms with E-state index in [4.69, 9.17) is 9.47 Å². The highest BCUT2D eigenvalue weighted by Crippen LogP contribution is 2.38. The van der Waals surface area contributed by atoms with Crippen LogP contribution in [-0.2, 0) is 29.1 Å². The fourth-order valence-corrected chi connectivity index (χ4v) is 5.22. The minimum Gasteiger partial charge on any atom is -0.491 e. The molecule has 3 aromatic carbocycles. The summed E-state index contributed by atoms with van der Waals surface area (Å²) in [6.07, 6.45) is -14.6. The lowest BCUT2D eigenvalue weighted by atomic mass is 9.73. The van der Waals surface area contributed by atoms with Crippen LogP contribution in [0, 0.1) is 0 Å². The summed E-state index contributed by atoms with van der Waals surface area (Å²) < 4.78 is 132. The molecule has 0 bridgehead atoms. The standard InChI is InChI=1S/C31H30F9NO4/c32-29(33,34)23-14-21(15-24(16-23)30(35,36)37)18-43-20-28(22-4-2-1-3-5-22)10-12-41(13-11-28)17-25(42)19-44-26-6-8-27(9-7-26)45-31(38,39)40/h1-9,14-16,25,42H,10-13,17-20H2. The largest absolute Gasteiger partial charge is 0.573 e. The van der Waals surface area contributed by atoms with Gasteiger partial charge in [-0.3, -0.25) is 0 Å². The van der Waals surface area contributed by atoms with Crippen LogP contribution in [0.5, 0.6) is 11.5 Å². The first-order valence-corrected chi connectivity index (χ1v) is 13.8. The fourth-order valence-electron chi connectivity index (χ4n) is 5.22. The van der Waals surface area contributed by atoms with Crippen LogP contribution in [0.15, 0.2) is 72.8 Å². The highest BCUT2D eigenvalue weighted by Gasteiger charge is 2.39. The van der Waals surface area contributed by atoms with Gasteiger partial charge in [0.15, 0.2) is 0 Å². The number of likely N-dealkylation sites (tertiary alicyclic amines) is 1. The van der Waals surface area contributed by atoms with Crippen LogP contribution in [0.3, 0.4) is 0 Å². The minimum absolute atomic E-state index is 0.0438. The lowest BCUT2D eigenvalue weighted by Crippen LogP contribution is -2.47. The number of nitrogens with zero attached hydrogens (tertiary/aromatic N) is 1. The third-order valence-electron chi connectivity index (χ3n) is 7.46. The fraction of sp³-hybridized carbons (Fsp3) is 0.419. The van der Waals surface area contributed by atoms with Gasteiger partial charge in [-0.2, -0.15) is 26.3 Å². The number of β-amino-alcohol motifs (C(OH)–C–C–N with tert-alkyl or cyclic N) is 1. The van der Waals surface area contributed by atoms with Gasteiger partial charge in [0, 0.05) is 12.0 Å². The Morgan fingerprint density at radius 1 is 0.756 bits per heavy atom. The third kappa shape index (κ3) is 10.00. The molecule has 1 saturated heterocycles. The van der Waals surface area contributed by atoms with E-state index >= 15 is 0 Å². The van der Waals surface area contributed by atoms with E-state index in [1.54, 1.807) is 0 Å². The summed E-state index contributed by atoms with van der Waals surface area (Å²) in [6.45, 7) is 0.694. The van der Waals surface area contributed by atoms with Gasteiger partial charge in [-0.05, 0) is 79.5 Å². The number of rotatable bonds is 11. The van der Waals surface area contributed by atoms with Crippen molar-refractivity contribution in [1.82, 2.24) is 4.90 Å². The van der Waals surface area contributed by atoms with Crippen LogP contribution in [-0.4, -0.2) is 55.3 Å². The van der Waals surface area contributed by atoms with Crippen LogP contribution >= 0.6 is 0 Å². The van der Waals surface area contributed by atoms with Crippen molar-refractivity contribution in [1.29, 1.82) is 0 Å². The minimum atomic E-state index is -4.96. The van der Waals surface area contributed by atoms with E-state index in [0.717, 1.165) is 17.7 Å². The van der Waals surface area contributed by atoms with Gasteiger partial charge in [-0.25, -0.2) is 0 Å². The predicted molar refractivity (Wildman–Crippen MR) is 145 cm³/mol. The molecule has 45 heavy (non-hydrogen) atoms. The number of alkyl halides is 9. The molecule has 246 valence electrons. The molecule has 0 saturated carbocycles. The van der Waals surface area contributed by atoms with Gasteiger partial charge in [-0.1, -0.05) is 30.3 Å². The number of piperidine rings is 1. The summed E-state index contributed by atoms with van der Waals surface area (Å²) in [5.74, 6) is -0.166. The average molecular weight is 652 g/mol. The summed E-state index contributed by atoms with van der Waals surface area (Å²) in [4.78, 5) is 1.98. The second-order valence-electron chi connectivity index (χ2n) is 10.8. The molecule has 1 fully saturated rings. The highest BCUT2D eigenvalue weighted by molar-refractivity contribution is 5.34. The number of ether oxygens (including phenoxy) is 3. The summed E-state index contributed by atoms with van der Waals surface area (Å²) in [6, 6.07) is 15.4. The number of benzene rings is 3. The normalized spacial score (nSPS) is 16.8. The molecular weight excluding hydrogens is 621 g/mol. The Kier molecular flexibility index (Phi) is 10.6. The molecule has 1 aliphatic rings. The summed E-state index contributed by atoms with van der Waals surface area (Å²) in [5.41, 5.74) is -2.72. The summed E-state index contributed by atoms with van der Waals surface area (Å²) in [7, 11) is 0. The lowest BCUT2D eigenvalue weighted by molar-refractivity contribution is -0.274. The van der Waals surface area contributed by atoms with Crippen molar-refractivity contribution in [3.63, 3.8) is 0 Å².